The number of hydrogen-bond acceptors (Lipinski definition) is 3. The van der Waals surface area contributed by atoms with Gasteiger partial charge < -0.3 is 15.5 Å². The SMILES string of the molecule is CCCCCCCCCc1ccc(CNCC(O)CC(=O)O)c2ccccc12. The summed E-state index contributed by atoms with van der Waals surface area (Å²) in [5.41, 5.74) is 2.58. The number of benzene rings is 2. The summed E-state index contributed by atoms with van der Waals surface area (Å²) in [5.74, 6) is -0.977. The molecule has 0 aliphatic carbocycles. The molecule has 2 aromatic carbocycles. The Bertz CT molecular complexity index is 729. The van der Waals surface area contributed by atoms with Gasteiger partial charge in [-0.05, 0) is 34.7 Å². The summed E-state index contributed by atoms with van der Waals surface area (Å²) in [5, 5.41) is 24.2. The molecule has 0 spiro atoms. The number of aliphatic hydroxyl groups is 1. The highest BCUT2D eigenvalue weighted by atomic mass is 16.4. The van der Waals surface area contributed by atoms with Gasteiger partial charge in [-0.3, -0.25) is 4.79 Å². The largest absolute Gasteiger partial charge is 0.481 e. The fourth-order valence-electron chi connectivity index (χ4n) is 3.72. The van der Waals surface area contributed by atoms with Crippen LogP contribution in [0.25, 0.3) is 10.8 Å². The molecule has 0 radical (unpaired) electrons. The monoisotopic (exact) mass is 385 g/mol. The predicted octanol–water partition coefficient (Wildman–Crippen LogP) is 5.06. The van der Waals surface area contributed by atoms with Gasteiger partial charge in [0.05, 0.1) is 12.5 Å². The maximum absolute atomic E-state index is 10.6. The van der Waals surface area contributed by atoms with E-state index in [4.69, 9.17) is 5.11 Å². The van der Waals surface area contributed by atoms with Crippen molar-refractivity contribution in [3.05, 3.63) is 47.5 Å². The highest BCUT2D eigenvalue weighted by Crippen LogP contribution is 2.24. The third kappa shape index (κ3) is 7.61. The van der Waals surface area contributed by atoms with Crippen LogP contribution in [0.15, 0.2) is 36.4 Å². The Balaban J connectivity index is 1.90. The summed E-state index contributed by atoms with van der Waals surface area (Å²) in [4.78, 5) is 10.6. The van der Waals surface area contributed by atoms with E-state index in [1.54, 1.807) is 0 Å². The van der Waals surface area contributed by atoms with Gasteiger partial charge in [-0.15, -0.1) is 0 Å². The lowest BCUT2D eigenvalue weighted by molar-refractivity contribution is -0.139. The van der Waals surface area contributed by atoms with Crippen molar-refractivity contribution < 1.29 is 15.0 Å². The van der Waals surface area contributed by atoms with Crippen molar-refractivity contribution in [2.24, 2.45) is 0 Å². The zero-order valence-corrected chi connectivity index (χ0v) is 17.1. The van der Waals surface area contributed by atoms with Crippen molar-refractivity contribution in [3.63, 3.8) is 0 Å². The molecule has 0 aromatic heterocycles. The molecule has 0 aliphatic rings. The van der Waals surface area contributed by atoms with Crippen LogP contribution >= 0.6 is 0 Å². The van der Waals surface area contributed by atoms with Crippen molar-refractivity contribution >= 4 is 16.7 Å². The van der Waals surface area contributed by atoms with E-state index in [9.17, 15) is 9.90 Å². The number of nitrogens with one attached hydrogen (secondary N) is 1. The first-order chi connectivity index (χ1) is 13.6. The van der Waals surface area contributed by atoms with Gasteiger partial charge in [-0.2, -0.15) is 0 Å². The van der Waals surface area contributed by atoms with E-state index < -0.39 is 12.1 Å². The zero-order chi connectivity index (χ0) is 20.2. The minimum Gasteiger partial charge on any atom is -0.481 e. The first kappa shape index (κ1) is 22.4. The van der Waals surface area contributed by atoms with Crippen LogP contribution in [0.2, 0.25) is 0 Å². The molecule has 3 N–H and O–H groups in total. The van der Waals surface area contributed by atoms with E-state index in [1.165, 1.54) is 66.8 Å². The molecule has 0 fully saturated rings. The molecule has 0 heterocycles. The molecule has 1 atom stereocenters. The molecular weight excluding hydrogens is 350 g/mol. The second kappa shape index (κ2) is 12.5. The summed E-state index contributed by atoms with van der Waals surface area (Å²) in [6.45, 7) is 3.15. The Kier molecular flexibility index (Phi) is 10.0. The number of carboxylic acids is 1. The van der Waals surface area contributed by atoms with Gasteiger partial charge in [0.2, 0.25) is 0 Å². The van der Waals surface area contributed by atoms with Gasteiger partial charge in [-0.25, -0.2) is 0 Å². The van der Waals surface area contributed by atoms with Gasteiger partial charge in [0, 0.05) is 13.1 Å². The van der Waals surface area contributed by atoms with Crippen molar-refractivity contribution in [2.75, 3.05) is 6.54 Å². The Morgan fingerprint density at radius 1 is 0.929 bits per heavy atom. The summed E-state index contributed by atoms with van der Waals surface area (Å²) in [7, 11) is 0. The molecule has 28 heavy (non-hydrogen) atoms. The quantitative estimate of drug-likeness (QED) is 0.398. The molecule has 0 amide bonds. The van der Waals surface area contributed by atoms with Crippen LogP contribution in [-0.2, 0) is 17.8 Å². The van der Waals surface area contributed by atoms with Crippen LogP contribution in [0.3, 0.4) is 0 Å². The van der Waals surface area contributed by atoms with E-state index in [1.807, 2.05) is 0 Å². The number of aryl methyl sites for hydroxylation is 1. The van der Waals surface area contributed by atoms with Crippen LogP contribution in [0.4, 0.5) is 0 Å². The van der Waals surface area contributed by atoms with Crippen LogP contribution in [-0.4, -0.2) is 28.8 Å². The third-order valence-electron chi connectivity index (χ3n) is 5.26. The van der Waals surface area contributed by atoms with Crippen molar-refractivity contribution in [3.8, 4) is 0 Å². The van der Waals surface area contributed by atoms with Crippen molar-refractivity contribution in [2.45, 2.75) is 77.4 Å². The minimum atomic E-state index is -0.977. The molecule has 2 rings (SSSR count). The Morgan fingerprint density at radius 3 is 2.21 bits per heavy atom. The van der Waals surface area contributed by atoms with Crippen molar-refractivity contribution in [1.29, 1.82) is 0 Å². The molecule has 0 saturated carbocycles. The summed E-state index contributed by atoms with van der Waals surface area (Å²) in [6.07, 6.45) is 9.25. The highest BCUT2D eigenvalue weighted by Gasteiger charge is 2.10. The first-order valence-electron chi connectivity index (χ1n) is 10.7. The maximum Gasteiger partial charge on any atom is 0.306 e. The zero-order valence-electron chi connectivity index (χ0n) is 17.1. The van der Waals surface area contributed by atoms with Crippen LogP contribution in [0.5, 0.6) is 0 Å². The lowest BCUT2D eigenvalue weighted by atomic mass is 9.95. The fraction of sp³-hybridized carbons (Fsp3) is 0.542. The average molecular weight is 386 g/mol. The van der Waals surface area contributed by atoms with E-state index >= 15 is 0 Å². The van der Waals surface area contributed by atoms with Gasteiger partial charge in [0.1, 0.15) is 0 Å². The lowest BCUT2D eigenvalue weighted by Gasteiger charge is -2.14. The van der Waals surface area contributed by atoms with E-state index in [0.717, 1.165) is 6.42 Å². The number of aliphatic hydroxyl groups excluding tert-OH is 1. The Hall–Kier alpha value is -1.91. The molecule has 0 bridgehead atoms. The minimum absolute atomic E-state index is 0.231. The number of hydrogen-bond donors (Lipinski definition) is 3. The number of carbonyl (C=O) groups is 1. The number of unbranched alkanes of at least 4 members (excludes halogenated alkanes) is 6. The molecule has 4 nitrogen and oxygen atoms in total. The van der Waals surface area contributed by atoms with Crippen LogP contribution < -0.4 is 5.32 Å². The smallest absolute Gasteiger partial charge is 0.306 e. The number of rotatable bonds is 14. The first-order valence-corrected chi connectivity index (χ1v) is 10.7. The summed E-state index contributed by atoms with van der Waals surface area (Å²) in [6, 6.07) is 12.9. The molecule has 4 heteroatoms. The van der Waals surface area contributed by atoms with Gasteiger partial charge in [-0.1, -0.05) is 81.8 Å². The van der Waals surface area contributed by atoms with Crippen LogP contribution in [0, 0.1) is 0 Å². The van der Waals surface area contributed by atoms with Gasteiger partial charge in [0.15, 0.2) is 0 Å². The molecule has 0 aliphatic heterocycles. The molecular formula is C24H35NO3. The normalized spacial score (nSPS) is 12.4. The highest BCUT2D eigenvalue weighted by molar-refractivity contribution is 5.88. The fourth-order valence-corrected chi connectivity index (χ4v) is 3.72. The number of fused-ring (bicyclic) bond motifs is 1. The predicted molar refractivity (Wildman–Crippen MR) is 116 cm³/mol. The summed E-state index contributed by atoms with van der Waals surface area (Å²) >= 11 is 0. The average Bonchev–Trinajstić information content (AvgIpc) is 2.68. The van der Waals surface area contributed by atoms with Gasteiger partial charge >= 0.3 is 5.97 Å². The summed E-state index contributed by atoms with van der Waals surface area (Å²) < 4.78 is 0. The number of carboxylic acid groups (broad SMARTS) is 1. The standard InChI is InChI=1S/C24H35NO3/c1-2-3-4-5-6-7-8-11-19-14-15-20(23-13-10-9-12-22(19)23)17-25-18-21(26)16-24(27)28/h9-10,12-15,21,25-26H,2-8,11,16-18H2,1H3,(H,27,28). The topological polar surface area (TPSA) is 69.6 Å². The van der Waals surface area contributed by atoms with Crippen LogP contribution in [0.1, 0.15) is 69.4 Å². The van der Waals surface area contributed by atoms with E-state index in [2.05, 4.69) is 48.6 Å². The van der Waals surface area contributed by atoms with Gasteiger partial charge in [0.25, 0.3) is 0 Å². The molecule has 1 unspecified atom stereocenters. The second-order valence-corrected chi connectivity index (χ2v) is 7.68. The molecule has 2 aromatic rings. The third-order valence-corrected chi connectivity index (χ3v) is 5.26. The second-order valence-electron chi connectivity index (χ2n) is 7.68. The van der Waals surface area contributed by atoms with Crippen molar-refractivity contribution in [1.82, 2.24) is 5.32 Å². The molecule has 154 valence electrons. The molecule has 0 saturated heterocycles. The Labute approximate surface area is 169 Å². The maximum atomic E-state index is 10.6. The lowest BCUT2D eigenvalue weighted by Crippen LogP contribution is -2.28. The van der Waals surface area contributed by atoms with E-state index in [-0.39, 0.29) is 13.0 Å². The Morgan fingerprint density at radius 2 is 1.54 bits per heavy atom. The van der Waals surface area contributed by atoms with E-state index in [0.29, 0.717) is 6.54 Å². The number of aliphatic carboxylic acids is 1.